The molecule has 1 aromatic rings. The summed E-state index contributed by atoms with van der Waals surface area (Å²) in [6.07, 6.45) is 2.18. The SMILES string of the molecule is Cc1nc(C2(C)CCNCC2)no1.Cl. The van der Waals surface area contributed by atoms with Gasteiger partial charge in [0, 0.05) is 12.3 Å². The second-order valence-corrected chi connectivity index (χ2v) is 3.95. The second kappa shape index (κ2) is 4.28. The molecule has 1 aliphatic rings. The molecule has 1 aromatic heterocycles. The van der Waals surface area contributed by atoms with Crippen molar-refractivity contribution < 1.29 is 4.52 Å². The first kappa shape index (κ1) is 11.5. The van der Waals surface area contributed by atoms with E-state index in [1.807, 2.05) is 6.92 Å². The molecule has 80 valence electrons. The largest absolute Gasteiger partial charge is 0.340 e. The maximum absolute atomic E-state index is 5.00. The zero-order valence-electron chi connectivity index (χ0n) is 8.54. The lowest BCUT2D eigenvalue weighted by atomic mass is 9.80. The summed E-state index contributed by atoms with van der Waals surface area (Å²) in [5.41, 5.74) is 0.114. The smallest absolute Gasteiger partial charge is 0.223 e. The molecule has 0 aromatic carbocycles. The van der Waals surface area contributed by atoms with Gasteiger partial charge >= 0.3 is 0 Å². The molecule has 1 aliphatic heterocycles. The van der Waals surface area contributed by atoms with Crippen molar-refractivity contribution in [1.82, 2.24) is 15.5 Å². The summed E-state index contributed by atoms with van der Waals surface area (Å²) >= 11 is 0. The molecule has 0 bridgehead atoms. The molecule has 0 spiro atoms. The summed E-state index contributed by atoms with van der Waals surface area (Å²) in [5.74, 6) is 1.53. The Bertz CT molecular complexity index is 294. The van der Waals surface area contributed by atoms with Gasteiger partial charge in [0.1, 0.15) is 0 Å². The highest BCUT2D eigenvalue weighted by atomic mass is 35.5. The van der Waals surface area contributed by atoms with Crippen molar-refractivity contribution in [3.63, 3.8) is 0 Å². The number of aromatic nitrogens is 2. The molecule has 1 fully saturated rings. The normalized spacial score (nSPS) is 20.1. The van der Waals surface area contributed by atoms with Crippen LogP contribution in [0.1, 0.15) is 31.5 Å². The zero-order valence-corrected chi connectivity index (χ0v) is 9.36. The summed E-state index contributed by atoms with van der Waals surface area (Å²) in [5, 5.41) is 7.33. The lowest BCUT2D eigenvalue weighted by molar-refractivity contribution is 0.300. The van der Waals surface area contributed by atoms with Crippen molar-refractivity contribution in [1.29, 1.82) is 0 Å². The first-order chi connectivity index (χ1) is 6.21. The predicted molar refractivity (Wildman–Crippen MR) is 55.7 cm³/mol. The van der Waals surface area contributed by atoms with Gasteiger partial charge in [-0.3, -0.25) is 0 Å². The molecule has 1 saturated heterocycles. The van der Waals surface area contributed by atoms with E-state index < -0.39 is 0 Å². The molecule has 0 radical (unpaired) electrons. The number of hydrogen-bond donors (Lipinski definition) is 1. The van der Waals surface area contributed by atoms with Crippen LogP contribution < -0.4 is 5.32 Å². The number of nitrogens with one attached hydrogen (secondary N) is 1. The van der Waals surface area contributed by atoms with Crippen LogP contribution in [0.3, 0.4) is 0 Å². The maximum Gasteiger partial charge on any atom is 0.223 e. The lowest BCUT2D eigenvalue weighted by Crippen LogP contribution is -2.38. The first-order valence-electron chi connectivity index (χ1n) is 4.72. The van der Waals surface area contributed by atoms with Crippen LogP contribution in [0.25, 0.3) is 0 Å². The van der Waals surface area contributed by atoms with Gasteiger partial charge in [-0.1, -0.05) is 12.1 Å². The Morgan fingerprint density at radius 1 is 1.36 bits per heavy atom. The van der Waals surface area contributed by atoms with E-state index >= 15 is 0 Å². The van der Waals surface area contributed by atoms with Crippen LogP contribution in [0, 0.1) is 6.92 Å². The van der Waals surface area contributed by atoms with E-state index in [1.54, 1.807) is 0 Å². The minimum absolute atomic E-state index is 0. The van der Waals surface area contributed by atoms with Crippen molar-refractivity contribution in [3.05, 3.63) is 11.7 Å². The van der Waals surface area contributed by atoms with Crippen LogP contribution in [-0.4, -0.2) is 23.2 Å². The highest BCUT2D eigenvalue weighted by molar-refractivity contribution is 5.85. The molecule has 1 N–H and O–H groups in total. The molecular formula is C9H16ClN3O. The number of aryl methyl sites for hydroxylation is 1. The molecule has 0 saturated carbocycles. The third-order valence-electron chi connectivity index (χ3n) is 2.77. The van der Waals surface area contributed by atoms with Gasteiger partial charge in [0.05, 0.1) is 0 Å². The monoisotopic (exact) mass is 217 g/mol. The van der Waals surface area contributed by atoms with E-state index in [1.165, 1.54) is 0 Å². The predicted octanol–water partition coefficient (Wildman–Crippen LogP) is 1.44. The highest BCUT2D eigenvalue weighted by Gasteiger charge is 2.33. The maximum atomic E-state index is 5.00. The van der Waals surface area contributed by atoms with Crippen LogP contribution >= 0.6 is 12.4 Å². The first-order valence-corrected chi connectivity index (χ1v) is 4.72. The Balaban J connectivity index is 0.000000980. The summed E-state index contributed by atoms with van der Waals surface area (Å²) < 4.78 is 5.00. The average molecular weight is 218 g/mol. The number of nitrogens with zero attached hydrogens (tertiary/aromatic N) is 2. The van der Waals surface area contributed by atoms with E-state index in [0.717, 1.165) is 31.8 Å². The number of piperidine rings is 1. The van der Waals surface area contributed by atoms with E-state index in [-0.39, 0.29) is 17.8 Å². The van der Waals surface area contributed by atoms with Crippen LogP contribution in [0.2, 0.25) is 0 Å². The molecule has 2 heterocycles. The van der Waals surface area contributed by atoms with Gasteiger partial charge < -0.3 is 9.84 Å². The molecule has 0 amide bonds. The molecule has 4 nitrogen and oxygen atoms in total. The Morgan fingerprint density at radius 2 is 2.00 bits per heavy atom. The van der Waals surface area contributed by atoms with Gasteiger partial charge in [0.15, 0.2) is 5.82 Å². The second-order valence-electron chi connectivity index (χ2n) is 3.95. The van der Waals surface area contributed by atoms with Crippen LogP contribution in [0.15, 0.2) is 4.52 Å². The quantitative estimate of drug-likeness (QED) is 0.774. The van der Waals surface area contributed by atoms with Gasteiger partial charge in [-0.15, -0.1) is 12.4 Å². The van der Waals surface area contributed by atoms with E-state index in [9.17, 15) is 0 Å². The Morgan fingerprint density at radius 3 is 2.50 bits per heavy atom. The third-order valence-corrected chi connectivity index (χ3v) is 2.77. The standard InChI is InChI=1S/C9H15N3O.ClH/c1-7-11-8(12-13-7)9(2)3-5-10-6-4-9;/h10H,3-6H2,1-2H3;1H. The van der Waals surface area contributed by atoms with Crippen molar-refractivity contribution in [2.24, 2.45) is 0 Å². The van der Waals surface area contributed by atoms with Gasteiger partial charge in [0.25, 0.3) is 0 Å². The fourth-order valence-electron chi connectivity index (χ4n) is 1.75. The van der Waals surface area contributed by atoms with Crippen molar-refractivity contribution in [2.75, 3.05) is 13.1 Å². The summed E-state index contributed by atoms with van der Waals surface area (Å²) in [6.45, 7) is 6.13. The van der Waals surface area contributed by atoms with Crippen LogP contribution in [0.4, 0.5) is 0 Å². The van der Waals surface area contributed by atoms with Gasteiger partial charge in [-0.05, 0) is 25.9 Å². The minimum atomic E-state index is 0. The van der Waals surface area contributed by atoms with Crippen LogP contribution in [0.5, 0.6) is 0 Å². The molecule has 0 aliphatic carbocycles. The van der Waals surface area contributed by atoms with Crippen molar-refractivity contribution in [2.45, 2.75) is 32.1 Å². The van der Waals surface area contributed by atoms with Gasteiger partial charge in [0.2, 0.25) is 5.89 Å². The molecule has 0 unspecified atom stereocenters. The number of hydrogen-bond acceptors (Lipinski definition) is 4. The van der Waals surface area contributed by atoms with Gasteiger partial charge in [-0.25, -0.2) is 0 Å². The van der Waals surface area contributed by atoms with E-state index in [2.05, 4.69) is 22.4 Å². The van der Waals surface area contributed by atoms with Crippen LogP contribution in [-0.2, 0) is 5.41 Å². The number of rotatable bonds is 1. The molecule has 14 heavy (non-hydrogen) atoms. The summed E-state index contributed by atoms with van der Waals surface area (Å²) in [4.78, 5) is 4.30. The summed E-state index contributed by atoms with van der Waals surface area (Å²) in [7, 11) is 0. The Labute approximate surface area is 89.9 Å². The number of halogens is 1. The van der Waals surface area contributed by atoms with Crippen molar-refractivity contribution >= 4 is 12.4 Å². The molecule has 5 heteroatoms. The van der Waals surface area contributed by atoms with E-state index in [0.29, 0.717) is 5.89 Å². The van der Waals surface area contributed by atoms with Crippen molar-refractivity contribution in [3.8, 4) is 0 Å². The highest BCUT2D eigenvalue weighted by Crippen LogP contribution is 2.30. The Kier molecular flexibility index (Phi) is 3.50. The van der Waals surface area contributed by atoms with E-state index in [4.69, 9.17) is 4.52 Å². The van der Waals surface area contributed by atoms with Gasteiger partial charge in [-0.2, -0.15) is 4.98 Å². The minimum Gasteiger partial charge on any atom is -0.340 e. The Hall–Kier alpha value is -0.610. The summed E-state index contributed by atoms with van der Waals surface area (Å²) in [6, 6.07) is 0. The molecular weight excluding hydrogens is 202 g/mol. The zero-order chi connectivity index (χ0) is 9.31. The third kappa shape index (κ3) is 2.07. The fraction of sp³-hybridized carbons (Fsp3) is 0.778. The molecule has 0 atom stereocenters. The fourth-order valence-corrected chi connectivity index (χ4v) is 1.75. The topological polar surface area (TPSA) is 51.0 Å². The lowest BCUT2D eigenvalue weighted by Gasteiger charge is -2.30. The average Bonchev–Trinajstić information content (AvgIpc) is 2.54. The molecule has 2 rings (SSSR count).